The van der Waals surface area contributed by atoms with Gasteiger partial charge in [0, 0.05) is 34.6 Å². The molecule has 11 saturated heterocycles. The molecular weight excluding hydrogens is 1860 g/mol. The summed E-state index contributed by atoms with van der Waals surface area (Å²) in [5.74, 6) is -4.85. The third kappa shape index (κ3) is 24.8. The summed E-state index contributed by atoms with van der Waals surface area (Å²) in [6.45, 7) is -5.66. The molecule has 786 valence electrons. The topological polar surface area (TPSA) is 926 Å². The van der Waals surface area contributed by atoms with Gasteiger partial charge >= 0.3 is 0 Å². The molecule has 0 aromatic heterocycles. The van der Waals surface area contributed by atoms with E-state index in [9.17, 15) is 172 Å². The van der Waals surface area contributed by atoms with E-state index in [-0.39, 0.29) is 0 Å². The average Bonchev–Trinajstić information content (AvgIpc) is 0.746. The summed E-state index contributed by atoms with van der Waals surface area (Å²) >= 11 is 0. The van der Waals surface area contributed by atoms with Gasteiger partial charge in [-0.15, -0.1) is 0 Å². The first-order valence-electron chi connectivity index (χ1n) is 43.5. The molecule has 0 aliphatic carbocycles. The van der Waals surface area contributed by atoms with E-state index < -0.39 is 433 Å². The number of hydrogen-bond donors (Lipinski definition) is 34. The lowest BCUT2D eigenvalue weighted by molar-refractivity contribution is -0.405. The van der Waals surface area contributed by atoms with Crippen LogP contribution in [0.4, 0.5) is 0 Å². The highest BCUT2D eigenvalue weighted by Crippen LogP contribution is 2.42. The Hall–Kier alpha value is -4.65. The molecule has 55 atom stereocenters. The Morgan fingerprint density at radius 2 is 0.463 bits per heavy atom. The fourth-order valence-electron chi connectivity index (χ4n) is 17.7. The van der Waals surface area contributed by atoms with Crippen LogP contribution in [-0.4, -0.2) is 581 Å². The highest BCUT2D eigenvalue weighted by molar-refractivity contribution is 5.75. The van der Waals surface area contributed by atoms with Crippen molar-refractivity contribution in [1.29, 1.82) is 0 Å². The molecular formula is C76H127N5O55. The van der Waals surface area contributed by atoms with E-state index >= 15 is 0 Å². The van der Waals surface area contributed by atoms with E-state index in [0.717, 1.165) is 34.6 Å². The highest BCUT2D eigenvalue weighted by atomic mass is 16.8. The summed E-state index contributed by atoms with van der Waals surface area (Å²) in [6, 6.07) is -9.85. The second-order valence-corrected chi connectivity index (χ2v) is 34.5. The molecule has 0 aromatic rings. The lowest BCUT2D eigenvalue weighted by Gasteiger charge is -2.52. The van der Waals surface area contributed by atoms with E-state index in [1.165, 1.54) is 6.92 Å². The van der Waals surface area contributed by atoms with E-state index in [4.69, 9.17) is 99.5 Å². The SMILES string of the molecule is CC(=O)N[C@@H]1[C@H](O[C@@H]2[C@@H](O[C@@H]3[C@H](O)[C@H](O[C@H]4[C@H](O)[C@@H](NC(C)=O)[C@H](O[C@H]5[C@H](O)[C@@H](NC(C)=O)C(O)O[C@@H]5CO[C@@H]5O[C@@H](C)[C@@H](O)[C@@H](O)[C@@H]5O)O[C@@H]4CO)O[C@H](CO[C@H]4O[C@H](CO)[C@@H](O)[C@H](O)[C@@H]4O[C@@H]4O[C@H](CO)[C@@H](O[C@@H]5O[C@H](CO)[C@H](O)[C@H](O)[C@H]5O)[C@H](O)[C@H]4NC(C)=O)[C@H]3O)O[C@H](CO)[C@@H](O[C@@H]3O[C@H](CO)[C@@H](O)[C@H](O)[C@H]3NC(C)=O)[C@@H]2O)O[C@H](CO)[C@@H](O[C@@H]2O[C@H](CO)[C@H](O)[C@H](O)[C@H]2O)[C@@H]1O. The van der Waals surface area contributed by atoms with Crippen LogP contribution in [0.2, 0.25) is 0 Å². The number of aliphatic hydroxyl groups is 29. The molecule has 34 N–H and O–H groups in total. The van der Waals surface area contributed by atoms with Gasteiger partial charge in [-0.25, -0.2) is 0 Å². The van der Waals surface area contributed by atoms with Crippen molar-refractivity contribution in [3.05, 3.63) is 0 Å². The second-order valence-electron chi connectivity index (χ2n) is 34.5. The zero-order chi connectivity index (χ0) is 100. The minimum absolute atomic E-state index is 0.872. The summed E-state index contributed by atoms with van der Waals surface area (Å²) in [6.07, 6.45) is -107. The van der Waals surface area contributed by atoms with E-state index in [1.807, 2.05) is 0 Å². The van der Waals surface area contributed by atoms with Crippen LogP contribution in [0.5, 0.6) is 0 Å². The number of hydrogen-bond acceptors (Lipinski definition) is 55. The molecule has 136 heavy (non-hydrogen) atoms. The van der Waals surface area contributed by atoms with Gasteiger partial charge in [-0.2, -0.15) is 0 Å². The molecule has 0 saturated carbocycles. The van der Waals surface area contributed by atoms with Crippen LogP contribution in [0, 0.1) is 0 Å². The number of amides is 5. The van der Waals surface area contributed by atoms with Crippen molar-refractivity contribution < 1.29 is 272 Å². The molecule has 0 aromatic carbocycles. The Balaban J connectivity index is 0.975. The first kappa shape index (κ1) is 112. The molecule has 11 fully saturated rings. The Bertz CT molecular complexity index is 3760. The van der Waals surface area contributed by atoms with Crippen LogP contribution < -0.4 is 26.6 Å². The molecule has 60 heteroatoms. The first-order valence-corrected chi connectivity index (χ1v) is 43.5. The van der Waals surface area contributed by atoms with E-state index in [0.29, 0.717) is 0 Å². The van der Waals surface area contributed by atoms with Gasteiger partial charge in [-0.1, -0.05) is 0 Å². The molecule has 60 nitrogen and oxygen atoms in total. The summed E-state index contributed by atoms with van der Waals surface area (Å²) in [5.41, 5.74) is 0. The molecule has 0 radical (unpaired) electrons. The van der Waals surface area contributed by atoms with Crippen LogP contribution >= 0.6 is 0 Å². The standard InChI is InChI=1S/C76H127N5O55/c1-17-38(95)49(106)53(110)71(118-17)116-16-32-62(45(102)33(66(115)119-32)77-18(2)90)130-68-35(79-20(4)92)46(103)60(29(13-88)124-68)133-74-57(114)63(43(100)31(128-74)15-117-75-64(52(109)42(99)26(10-85)123-75)135-69-36(80-21(5)93)47(104)58(27(11-86)125-69)131-72-54(111)50(107)40(97)24(8-83)121-72)134-76-65(56(113)61(30(14-89)127-76)129-67-34(78-19(3)91)44(101)39(96)23(7-82)120-67)136-70-37(81-22(6)94)48(105)59(28(12-87)126-70)132-73-55(112)51(108)41(98)25(9-84)122-73/h17,23-76,82-89,95-115H,7-16H2,1-6H3,(H,77,90)(H,78,91)(H,79,92)(H,80,93)(H,81,94)/t17-,23+,24+,25+,26+,27+,28+,29+,30+,31+,32+,33+,34+,35+,36+,37-,38+,39+,40-,41-,42+,43+,44+,45+,46+,47+,48+,49+,50-,51-,52-,53-,54+,55+,56-,57-,58+,59+,60+,61+,62+,63-,64-,65-,66?,67-,68-,69-,70-,71+,72-,73-,74-,75-,76+/m0/s1. The number of nitrogens with one attached hydrogen (secondary N) is 5. The van der Waals surface area contributed by atoms with Crippen LogP contribution in [0.15, 0.2) is 0 Å². The molecule has 1 unspecified atom stereocenters. The van der Waals surface area contributed by atoms with Crippen LogP contribution in [0.25, 0.3) is 0 Å². The third-order valence-electron chi connectivity index (χ3n) is 24.9. The molecule has 0 spiro atoms. The van der Waals surface area contributed by atoms with Gasteiger partial charge in [-0.3, -0.25) is 24.0 Å². The van der Waals surface area contributed by atoms with E-state index in [1.54, 1.807) is 0 Å². The smallest absolute Gasteiger partial charge is 0.217 e. The molecule has 11 rings (SSSR count). The highest BCUT2D eigenvalue weighted by Gasteiger charge is 2.63. The predicted octanol–water partition coefficient (Wildman–Crippen LogP) is -23.2. The number of rotatable bonds is 35. The number of carbonyl (C=O) groups excluding carboxylic acids is 5. The van der Waals surface area contributed by atoms with E-state index in [2.05, 4.69) is 26.6 Å². The quantitative estimate of drug-likeness (QED) is 0.0280. The summed E-state index contributed by atoms with van der Waals surface area (Å²) < 4.78 is 126. The van der Waals surface area contributed by atoms with Crippen molar-refractivity contribution in [2.45, 2.75) is 379 Å². The van der Waals surface area contributed by atoms with Crippen LogP contribution in [0.3, 0.4) is 0 Å². The monoisotopic (exact) mass is 1990 g/mol. The number of carbonyl (C=O) groups is 5. The van der Waals surface area contributed by atoms with Gasteiger partial charge in [0.25, 0.3) is 0 Å². The van der Waals surface area contributed by atoms with Gasteiger partial charge in [-0.05, 0) is 6.92 Å². The minimum Gasteiger partial charge on any atom is -0.394 e. The fourth-order valence-corrected chi connectivity index (χ4v) is 17.7. The zero-order valence-corrected chi connectivity index (χ0v) is 73.4. The maximum Gasteiger partial charge on any atom is 0.217 e. The van der Waals surface area contributed by atoms with Gasteiger partial charge in [0.15, 0.2) is 69.2 Å². The average molecular weight is 1990 g/mol. The second kappa shape index (κ2) is 48.8. The lowest BCUT2D eigenvalue weighted by atomic mass is 9.93. The Kier molecular flexibility index (Phi) is 40.1. The Labute approximate surface area is 770 Å². The normalized spacial score (nSPS) is 49.2. The summed E-state index contributed by atoms with van der Waals surface area (Å²) in [4.78, 5) is 65.2. The van der Waals surface area contributed by atoms with Crippen molar-refractivity contribution in [2.75, 3.05) is 66.1 Å². The largest absolute Gasteiger partial charge is 0.394 e. The Morgan fingerprint density at radius 3 is 0.860 bits per heavy atom. The zero-order valence-electron chi connectivity index (χ0n) is 73.4. The number of ether oxygens (including phenoxy) is 21. The predicted molar refractivity (Wildman–Crippen MR) is 419 cm³/mol. The fraction of sp³-hybridized carbons (Fsp3) is 0.934. The molecule has 11 heterocycles. The Morgan fingerprint density at radius 1 is 0.206 bits per heavy atom. The van der Waals surface area contributed by atoms with Gasteiger partial charge in [0.1, 0.15) is 262 Å². The molecule has 5 amide bonds. The van der Waals surface area contributed by atoms with Crippen molar-refractivity contribution in [2.24, 2.45) is 0 Å². The minimum atomic E-state index is -2.75. The van der Waals surface area contributed by atoms with Gasteiger partial charge in [0.05, 0.1) is 72.2 Å². The molecule has 11 aliphatic heterocycles. The van der Waals surface area contributed by atoms with Crippen LogP contribution in [0.1, 0.15) is 41.5 Å². The summed E-state index contributed by atoms with van der Waals surface area (Å²) in [5, 5.41) is 339. The van der Waals surface area contributed by atoms with Gasteiger partial charge in [0.2, 0.25) is 29.5 Å². The van der Waals surface area contributed by atoms with Crippen molar-refractivity contribution in [3.63, 3.8) is 0 Å². The first-order chi connectivity index (χ1) is 64.3. The maximum atomic E-state index is 13.4. The lowest BCUT2D eigenvalue weighted by Crippen LogP contribution is -2.71. The van der Waals surface area contributed by atoms with Crippen molar-refractivity contribution in [1.82, 2.24) is 26.6 Å². The summed E-state index contributed by atoms with van der Waals surface area (Å²) in [7, 11) is 0. The van der Waals surface area contributed by atoms with Crippen molar-refractivity contribution >= 4 is 29.5 Å². The molecule has 0 bridgehead atoms. The number of aliphatic hydroxyl groups excluding tert-OH is 29. The van der Waals surface area contributed by atoms with Gasteiger partial charge < -0.3 is 274 Å². The van der Waals surface area contributed by atoms with Crippen LogP contribution in [-0.2, 0) is 123 Å². The third-order valence-corrected chi connectivity index (χ3v) is 24.9. The maximum absolute atomic E-state index is 13.4. The van der Waals surface area contributed by atoms with Crippen molar-refractivity contribution in [3.8, 4) is 0 Å². The molecule has 11 aliphatic rings.